The fraction of sp³-hybridized carbons (Fsp3) is 0.231. The minimum atomic E-state index is -1.05. The van der Waals surface area contributed by atoms with Gasteiger partial charge in [0.1, 0.15) is 28.8 Å². The maximum Gasteiger partial charge on any atom is 0.181 e. The van der Waals surface area contributed by atoms with E-state index in [0.717, 1.165) is 62.9 Å². The second kappa shape index (κ2) is 10.4. The number of rotatable bonds is 7. The van der Waals surface area contributed by atoms with E-state index >= 15 is 0 Å². The van der Waals surface area contributed by atoms with E-state index < -0.39 is 5.60 Å². The van der Waals surface area contributed by atoms with Gasteiger partial charge in [-0.2, -0.15) is 0 Å². The highest BCUT2D eigenvalue weighted by Crippen LogP contribution is 2.60. The van der Waals surface area contributed by atoms with E-state index in [9.17, 15) is 4.39 Å². The van der Waals surface area contributed by atoms with Crippen molar-refractivity contribution in [2.45, 2.75) is 37.7 Å². The Hall–Kier alpha value is -4.77. The Labute approximate surface area is 257 Å². The molecule has 44 heavy (non-hydrogen) atoms. The van der Waals surface area contributed by atoms with Crippen LogP contribution in [-0.2, 0) is 11.0 Å². The van der Waals surface area contributed by atoms with Crippen LogP contribution in [0.15, 0.2) is 91.0 Å². The van der Waals surface area contributed by atoms with E-state index in [4.69, 9.17) is 18.9 Å². The molecule has 0 radical (unpaired) electrons. The Morgan fingerprint density at radius 2 is 1.43 bits per heavy atom. The minimum absolute atomic E-state index is 0.212. The fourth-order valence-electron chi connectivity index (χ4n) is 7.52. The minimum Gasteiger partial charge on any atom is -0.497 e. The standard InChI is InChI=1S/C39H35FO4/c1-6-38(7-2)32-22-25(40)14-18-30(32)35-28-10-8-9-11-29(28)37-31(36(35)38)20-21-39(44-37,24-12-15-26(41-3)16-13-24)33-23-27(42-4)17-19-34(33)43-5/h8-23H,6-7H2,1-5H3. The number of ether oxygens (including phenoxy) is 4. The first-order valence-electron chi connectivity index (χ1n) is 15.1. The van der Waals surface area contributed by atoms with Crippen LogP contribution in [0.5, 0.6) is 23.0 Å². The van der Waals surface area contributed by atoms with E-state index in [2.05, 4.69) is 44.2 Å². The molecule has 2 aliphatic rings. The maximum absolute atomic E-state index is 14.8. The summed E-state index contributed by atoms with van der Waals surface area (Å²) in [5.74, 6) is 2.72. The van der Waals surface area contributed by atoms with Crippen LogP contribution in [0.1, 0.15) is 54.5 Å². The third-order valence-electron chi connectivity index (χ3n) is 9.73. The van der Waals surface area contributed by atoms with Gasteiger partial charge in [0.15, 0.2) is 5.60 Å². The SMILES string of the molecule is CCC1(CC)c2cc(F)ccc2-c2c1c1c(c3ccccc23)OC(c2ccc(OC)cc2)(c2cc(OC)ccc2OC)C=C1. The summed E-state index contributed by atoms with van der Waals surface area (Å²) in [7, 11) is 4.99. The molecule has 0 aromatic heterocycles. The molecular formula is C39H35FO4. The van der Waals surface area contributed by atoms with Crippen molar-refractivity contribution in [2.75, 3.05) is 21.3 Å². The van der Waals surface area contributed by atoms with Gasteiger partial charge in [0.2, 0.25) is 0 Å². The van der Waals surface area contributed by atoms with Crippen LogP contribution in [0.3, 0.4) is 0 Å². The summed E-state index contributed by atoms with van der Waals surface area (Å²) in [5.41, 5.74) is 5.88. The van der Waals surface area contributed by atoms with Crippen molar-refractivity contribution >= 4 is 16.8 Å². The van der Waals surface area contributed by atoms with Crippen molar-refractivity contribution in [1.29, 1.82) is 0 Å². The number of hydrogen-bond donors (Lipinski definition) is 0. The average Bonchev–Trinajstić information content (AvgIpc) is 3.37. The van der Waals surface area contributed by atoms with Gasteiger partial charge in [-0.25, -0.2) is 4.39 Å². The predicted octanol–water partition coefficient (Wildman–Crippen LogP) is 9.44. The van der Waals surface area contributed by atoms with Gasteiger partial charge in [0.25, 0.3) is 0 Å². The third-order valence-corrected chi connectivity index (χ3v) is 9.73. The lowest BCUT2D eigenvalue weighted by Gasteiger charge is -2.39. The second-order valence-electron chi connectivity index (χ2n) is 11.5. The van der Waals surface area contributed by atoms with Crippen LogP contribution >= 0.6 is 0 Å². The van der Waals surface area contributed by atoms with Crippen molar-refractivity contribution < 1.29 is 23.3 Å². The molecule has 5 aromatic rings. The highest BCUT2D eigenvalue weighted by molar-refractivity contribution is 6.08. The van der Waals surface area contributed by atoms with E-state index in [-0.39, 0.29) is 11.2 Å². The quantitative estimate of drug-likeness (QED) is 0.190. The van der Waals surface area contributed by atoms with Crippen LogP contribution in [0, 0.1) is 5.82 Å². The van der Waals surface area contributed by atoms with Gasteiger partial charge in [-0.15, -0.1) is 0 Å². The molecule has 222 valence electrons. The molecule has 0 saturated carbocycles. The summed E-state index contributed by atoms with van der Waals surface area (Å²) in [5, 5.41) is 2.10. The number of hydrogen-bond acceptors (Lipinski definition) is 4. The molecule has 5 heteroatoms. The molecule has 1 atom stereocenters. The Kier molecular flexibility index (Phi) is 6.65. The normalized spacial score (nSPS) is 17.4. The summed E-state index contributed by atoms with van der Waals surface area (Å²) in [6.45, 7) is 4.40. The topological polar surface area (TPSA) is 36.9 Å². The predicted molar refractivity (Wildman–Crippen MR) is 174 cm³/mol. The third kappa shape index (κ3) is 3.81. The Morgan fingerprint density at radius 3 is 2.11 bits per heavy atom. The summed E-state index contributed by atoms with van der Waals surface area (Å²) < 4.78 is 39.4. The van der Waals surface area contributed by atoms with Gasteiger partial charge < -0.3 is 18.9 Å². The Bertz CT molecular complexity index is 1940. The molecule has 0 amide bonds. The van der Waals surface area contributed by atoms with E-state index in [0.29, 0.717) is 11.5 Å². The summed E-state index contributed by atoms with van der Waals surface area (Å²) in [6, 6.07) is 27.4. The highest BCUT2D eigenvalue weighted by Gasteiger charge is 2.47. The monoisotopic (exact) mass is 586 g/mol. The smallest absolute Gasteiger partial charge is 0.181 e. The lowest BCUT2D eigenvalue weighted by molar-refractivity contribution is 0.158. The molecule has 1 unspecified atom stereocenters. The molecule has 0 N–H and O–H groups in total. The first-order chi connectivity index (χ1) is 21.4. The van der Waals surface area contributed by atoms with Crippen LogP contribution in [-0.4, -0.2) is 21.3 Å². The van der Waals surface area contributed by atoms with E-state index in [1.165, 1.54) is 11.1 Å². The van der Waals surface area contributed by atoms with Crippen LogP contribution in [0.2, 0.25) is 0 Å². The molecule has 1 aliphatic heterocycles. The van der Waals surface area contributed by atoms with Crippen molar-refractivity contribution in [2.24, 2.45) is 0 Å². The zero-order chi connectivity index (χ0) is 30.6. The largest absolute Gasteiger partial charge is 0.497 e. The number of fused-ring (bicyclic) bond motifs is 8. The van der Waals surface area contributed by atoms with E-state index in [1.807, 2.05) is 54.6 Å². The highest BCUT2D eigenvalue weighted by atomic mass is 19.1. The van der Waals surface area contributed by atoms with Gasteiger partial charge in [0, 0.05) is 27.5 Å². The molecular weight excluding hydrogens is 551 g/mol. The van der Waals surface area contributed by atoms with Crippen LogP contribution < -0.4 is 18.9 Å². The van der Waals surface area contributed by atoms with Gasteiger partial charge in [-0.1, -0.05) is 62.4 Å². The van der Waals surface area contributed by atoms with Gasteiger partial charge in [0.05, 0.1) is 21.3 Å². The summed E-state index contributed by atoms with van der Waals surface area (Å²) >= 11 is 0. The number of methoxy groups -OCH3 is 3. The Balaban J connectivity index is 1.58. The maximum atomic E-state index is 14.8. The zero-order valence-electron chi connectivity index (χ0n) is 25.7. The van der Waals surface area contributed by atoms with E-state index in [1.54, 1.807) is 33.5 Å². The first kappa shape index (κ1) is 28.0. The number of halogens is 1. The molecule has 1 heterocycles. The van der Waals surface area contributed by atoms with Crippen molar-refractivity contribution in [3.63, 3.8) is 0 Å². The molecule has 0 fully saturated rings. The molecule has 0 spiro atoms. The molecule has 1 aliphatic carbocycles. The lowest BCUT2D eigenvalue weighted by atomic mass is 9.71. The molecule has 5 aromatic carbocycles. The van der Waals surface area contributed by atoms with Gasteiger partial charge >= 0.3 is 0 Å². The average molecular weight is 587 g/mol. The van der Waals surface area contributed by atoms with Gasteiger partial charge in [-0.3, -0.25) is 0 Å². The zero-order valence-corrected chi connectivity index (χ0v) is 25.7. The molecule has 7 rings (SSSR count). The second-order valence-corrected chi connectivity index (χ2v) is 11.5. The fourth-order valence-corrected chi connectivity index (χ4v) is 7.52. The number of benzene rings is 5. The first-order valence-corrected chi connectivity index (χ1v) is 15.1. The Morgan fingerprint density at radius 1 is 0.727 bits per heavy atom. The molecule has 0 saturated heterocycles. The molecule has 4 nitrogen and oxygen atoms in total. The van der Waals surface area contributed by atoms with Crippen LogP contribution in [0.25, 0.3) is 28.0 Å². The van der Waals surface area contributed by atoms with Crippen molar-refractivity contribution in [1.82, 2.24) is 0 Å². The summed E-state index contributed by atoms with van der Waals surface area (Å²) in [4.78, 5) is 0. The van der Waals surface area contributed by atoms with Gasteiger partial charge in [-0.05, 0) is 89.0 Å². The van der Waals surface area contributed by atoms with Crippen molar-refractivity contribution in [3.8, 4) is 34.1 Å². The summed E-state index contributed by atoms with van der Waals surface area (Å²) in [6.07, 6.45) is 6.00. The molecule has 0 bridgehead atoms. The lowest BCUT2D eigenvalue weighted by Crippen LogP contribution is -2.35. The van der Waals surface area contributed by atoms with Crippen LogP contribution in [0.4, 0.5) is 4.39 Å². The van der Waals surface area contributed by atoms with Crippen molar-refractivity contribution in [3.05, 3.63) is 125 Å².